The predicted octanol–water partition coefficient (Wildman–Crippen LogP) is 7.57. The number of amides is 3. The third-order valence-electron chi connectivity index (χ3n) is 7.00. The number of thioether (sulfide) groups is 1. The standard InChI is InChI=1S/C38H33N3O5S/c1-45-32-22-21-28(35(25-32)46-2)23-34(40-37(43)27-13-6-3-7-14-27)38(44)39-29-15-12-20-33(24-29)47-26-36(42)41(30-16-8-4-9-17-30)31-18-10-5-11-19-31/h3-25H,26H2,1-2H3,(H,39,44)(H,40,43)/b34-23-. The lowest BCUT2D eigenvalue weighted by Gasteiger charge is -2.23. The van der Waals surface area contributed by atoms with Gasteiger partial charge in [0.1, 0.15) is 17.2 Å². The van der Waals surface area contributed by atoms with Crippen molar-refractivity contribution >= 4 is 52.6 Å². The fraction of sp³-hybridized carbons (Fsp3) is 0.0789. The largest absolute Gasteiger partial charge is 0.497 e. The number of carbonyl (C=O) groups is 3. The van der Waals surface area contributed by atoms with Crippen molar-refractivity contribution in [2.45, 2.75) is 4.90 Å². The summed E-state index contributed by atoms with van der Waals surface area (Å²) in [5.41, 5.74) is 3.02. The van der Waals surface area contributed by atoms with Crippen LogP contribution in [0, 0.1) is 0 Å². The molecule has 0 saturated carbocycles. The molecule has 0 aliphatic carbocycles. The highest BCUT2D eigenvalue weighted by molar-refractivity contribution is 8.00. The third kappa shape index (κ3) is 8.68. The Bertz CT molecular complexity index is 1830. The lowest BCUT2D eigenvalue weighted by atomic mass is 10.1. The van der Waals surface area contributed by atoms with E-state index in [2.05, 4.69) is 10.6 Å². The van der Waals surface area contributed by atoms with Crippen molar-refractivity contribution in [3.8, 4) is 11.5 Å². The van der Waals surface area contributed by atoms with Gasteiger partial charge in [-0.15, -0.1) is 11.8 Å². The lowest BCUT2D eigenvalue weighted by Crippen LogP contribution is -2.30. The second-order valence-corrected chi connectivity index (χ2v) is 11.2. The van der Waals surface area contributed by atoms with E-state index in [0.717, 1.165) is 16.3 Å². The van der Waals surface area contributed by atoms with E-state index in [9.17, 15) is 14.4 Å². The van der Waals surface area contributed by atoms with Crippen molar-refractivity contribution in [3.05, 3.63) is 150 Å². The summed E-state index contributed by atoms with van der Waals surface area (Å²) in [6, 6.07) is 40.0. The predicted molar refractivity (Wildman–Crippen MR) is 187 cm³/mol. The number of methoxy groups -OCH3 is 2. The van der Waals surface area contributed by atoms with Gasteiger partial charge in [-0.3, -0.25) is 19.3 Å². The molecule has 0 fully saturated rings. The third-order valence-corrected chi connectivity index (χ3v) is 7.98. The smallest absolute Gasteiger partial charge is 0.272 e. The molecule has 5 aromatic carbocycles. The van der Waals surface area contributed by atoms with Crippen LogP contribution in [0.25, 0.3) is 6.08 Å². The van der Waals surface area contributed by atoms with Crippen LogP contribution in [0.3, 0.4) is 0 Å². The molecule has 47 heavy (non-hydrogen) atoms. The molecule has 9 heteroatoms. The van der Waals surface area contributed by atoms with Gasteiger partial charge in [0.05, 0.1) is 20.0 Å². The van der Waals surface area contributed by atoms with E-state index >= 15 is 0 Å². The van der Waals surface area contributed by atoms with Crippen LogP contribution in [-0.4, -0.2) is 37.7 Å². The number of rotatable bonds is 12. The summed E-state index contributed by atoms with van der Waals surface area (Å²) in [4.78, 5) is 42.8. The molecule has 0 spiro atoms. The van der Waals surface area contributed by atoms with Crippen LogP contribution in [0.15, 0.2) is 144 Å². The summed E-state index contributed by atoms with van der Waals surface area (Å²) in [5.74, 6) is 0.141. The van der Waals surface area contributed by atoms with Crippen molar-refractivity contribution in [2.24, 2.45) is 0 Å². The fourth-order valence-corrected chi connectivity index (χ4v) is 5.50. The first kappa shape index (κ1) is 32.6. The van der Waals surface area contributed by atoms with E-state index in [0.29, 0.717) is 28.3 Å². The first-order chi connectivity index (χ1) is 22.9. The zero-order chi connectivity index (χ0) is 33.0. The van der Waals surface area contributed by atoms with Gasteiger partial charge in [-0.2, -0.15) is 0 Å². The molecule has 0 radical (unpaired) electrons. The van der Waals surface area contributed by atoms with Crippen molar-refractivity contribution < 1.29 is 23.9 Å². The topological polar surface area (TPSA) is 97.0 Å². The van der Waals surface area contributed by atoms with Gasteiger partial charge >= 0.3 is 0 Å². The Morgan fingerprint density at radius 1 is 0.723 bits per heavy atom. The van der Waals surface area contributed by atoms with E-state index in [1.54, 1.807) is 78.7 Å². The molecule has 0 unspecified atom stereocenters. The zero-order valence-corrected chi connectivity index (χ0v) is 26.7. The van der Waals surface area contributed by atoms with Crippen LogP contribution < -0.4 is 25.0 Å². The maximum Gasteiger partial charge on any atom is 0.272 e. The van der Waals surface area contributed by atoms with Gasteiger partial charge in [0, 0.05) is 39.2 Å². The van der Waals surface area contributed by atoms with Gasteiger partial charge in [-0.25, -0.2) is 0 Å². The van der Waals surface area contributed by atoms with Crippen LogP contribution in [0.1, 0.15) is 15.9 Å². The fourth-order valence-electron chi connectivity index (χ4n) is 4.70. The quantitative estimate of drug-likeness (QED) is 0.108. The minimum atomic E-state index is -0.537. The van der Waals surface area contributed by atoms with Crippen LogP contribution in [0.5, 0.6) is 11.5 Å². The molecule has 2 N–H and O–H groups in total. The van der Waals surface area contributed by atoms with Crippen molar-refractivity contribution in [3.63, 3.8) is 0 Å². The monoisotopic (exact) mass is 643 g/mol. The van der Waals surface area contributed by atoms with Gasteiger partial charge in [0.25, 0.3) is 11.8 Å². The van der Waals surface area contributed by atoms with E-state index < -0.39 is 11.8 Å². The van der Waals surface area contributed by atoms with Crippen LogP contribution in [-0.2, 0) is 9.59 Å². The summed E-state index contributed by atoms with van der Waals surface area (Å²) in [5, 5.41) is 5.63. The normalized spacial score (nSPS) is 10.9. The highest BCUT2D eigenvalue weighted by Gasteiger charge is 2.19. The Kier molecular flexibility index (Phi) is 11.1. The van der Waals surface area contributed by atoms with Crippen molar-refractivity contribution in [1.29, 1.82) is 0 Å². The Hall–Kier alpha value is -5.80. The Balaban J connectivity index is 1.35. The maximum absolute atomic E-state index is 13.7. The number of benzene rings is 5. The number of para-hydroxylation sites is 2. The molecule has 8 nitrogen and oxygen atoms in total. The summed E-state index contributed by atoms with van der Waals surface area (Å²) < 4.78 is 10.8. The second-order valence-electron chi connectivity index (χ2n) is 10.2. The van der Waals surface area contributed by atoms with Crippen molar-refractivity contribution in [2.75, 3.05) is 30.2 Å². The summed E-state index contributed by atoms with van der Waals surface area (Å²) in [6.45, 7) is 0. The molecule has 0 heterocycles. The number of hydrogen-bond donors (Lipinski definition) is 2. The van der Waals surface area contributed by atoms with Crippen molar-refractivity contribution in [1.82, 2.24) is 5.32 Å². The number of carbonyl (C=O) groups excluding carboxylic acids is 3. The molecule has 0 saturated heterocycles. The van der Waals surface area contributed by atoms with E-state index in [4.69, 9.17) is 9.47 Å². The van der Waals surface area contributed by atoms with Gasteiger partial charge < -0.3 is 20.1 Å². The highest BCUT2D eigenvalue weighted by Crippen LogP contribution is 2.29. The first-order valence-electron chi connectivity index (χ1n) is 14.7. The molecule has 236 valence electrons. The van der Waals surface area contributed by atoms with Gasteiger partial charge in [-0.05, 0) is 72.8 Å². The minimum absolute atomic E-state index is 0.0110. The Morgan fingerprint density at radius 2 is 1.36 bits per heavy atom. The molecular weight excluding hydrogens is 611 g/mol. The number of hydrogen-bond acceptors (Lipinski definition) is 6. The van der Waals surface area contributed by atoms with Gasteiger partial charge in [-0.1, -0.05) is 60.7 Å². The van der Waals surface area contributed by atoms with E-state index in [1.807, 2.05) is 72.8 Å². The van der Waals surface area contributed by atoms with E-state index in [-0.39, 0.29) is 17.4 Å². The Labute approximate surface area is 278 Å². The molecule has 0 aromatic heterocycles. The highest BCUT2D eigenvalue weighted by atomic mass is 32.2. The second kappa shape index (κ2) is 16.0. The van der Waals surface area contributed by atoms with Gasteiger partial charge in [0.15, 0.2) is 0 Å². The first-order valence-corrected chi connectivity index (χ1v) is 15.7. The summed E-state index contributed by atoms with van der Waals surface area (Å²) in [7, 11) is 3.06. The number of anilines is 3. The van der Waals surface area contributed by atoms with Crippen LogP contribution in [0.4, 0.5) is 17.1 Å². The average Bonchev–Trinajstić information content (AvgIpc) is 3.12. The van der Waals surface area contributed by atoms with Crippen LogP contribution in [0.2, 0.25) is 0 Å². The number of nitrogens with zero attached hydrogens (tertiary/aromatic N) is 1. The minimum Gasteiger partial charge on any atom is -0.497 e. The lowest BCUT2D eigenvalue weighted by molar-refractivity contribution is -0.115. The molecule has 5 aromatic rings. The number of ether oxygens (including phenoxy) is 2. The molecule has 0 aliphatic rings. The maximum atomic E-state index is 13.7. The SMILES string of the molecule is COc1ccc(/C=C(\NC(=O)c2ccccc2)C(=O)Nc2cccc(SCC(=O)N(c3ccccc3)c3ccccc3)c2)c(OC)c1. The summed E-state index contributed by atoms with van der Waals surface area (Å²) >= 11 is 1.36. The molecule has 0 bridgehead atoms. The van der Waals surface area contributed by atoms with Gasteiger partial charge in [0.2, 0.25) is 5.91 Å². The number of nitrogens with one attached hydrogen (secondary N) is 2. The van der Waals surface area contributed by atoms with E-state index in [1.165, 1.54) is 18.9 Å². The summed E-state index contributed by atoms with van der Waals surface area (Å²) in [6.07, 6.45) is 1.55. The van der Waals surface area contributed by atoms with Crippen LogP contribution >= 0.6 is 11.8 Å². The molecular formula is C38H33N3O5S. The zero-order valence-electron chi connectivity index (χ0n) is 25.9. The Morgan fingerprint density at radius 3 is 1.98 bits per heavy atom. The molecule has 0 atom stereocenters. The molecule has 5 rings (SSSR count). The molecule has 0 aliphatic heterocycles. The molecule has 3 amide bonds. The average molecular weight is 644 g/mol.